The number of nitrogens with zero attached hydrogens (tertiary/aromatic N) is 2. The first-order chi connectivity index (χ1) is 10.8. The summed E-state index contributed by atoms with van der Waals surface area (Å²) in [6, 6.07) is 17.6. The number of hydrogen-bond acceptors (Lipinski definition) is 2. The van der Waals surface area contributed by atoms with Gasteiger partial charge in [-0.1, -0.05) is 30.3 Å². The van der Waals surface area contributed by atoms with Crippen LogP contribution in [0.4, 0.5) is 0 Å². The summed E-state index contributed by atoms with van der Waals surface area (Å²) in [5.74, 6) is 0.656. The number of aromatic nitrogens is 3. The molecule has 4 heteroatoms. The fourth-order valence-electron chi connectivity index (χ4n) is 2.66. The van der Waals surface area contributed by atoms with Crippen molar-refractivity contribution < 1.29 is 4.57 Å². The highest BCUT2D eigenvalue weighted by Crippen LogP contribution is 2.10. The summed E-state index contributed by atoms with van der Waals surface area (Å²) in [6.07, 6.45) is 4.06. The molecule has 4 rings (SSSR count). The second kappa shape index (κ2) is 5.07. The average molecular weight is 288 g/mol. The van der Waals surface area contributed by atoms with E-state index >= 15 is 0 Å². The molecule has 4 nitrogen and oxygen atoms in total. The van der Waals surface area contributed by atoms with Gasteiger partial charge in [0.05, 0.1) is 10.9 Å². The third kappa shape index (κ3) is 2.24. The minimum atomic E-state index is -0.0954. The zero-order chi connectivity index (χ0) is 14.9. The fraction of sp³-hybridized carbons (Fsp3) is 0.0556. The predicted molar refractivity (Wildman–Crippen MR) is 85.6 cm³/mol. The zero-order valence-electron chi connectivity index (χ0n) is 11.9. The topological polar surface area (TPSA) is 49.6 Å². The third-order valence-electron chi connectivity index (χ3n) is 3.74. The summed E-state index contributed by atoms with van der Waals surface area (Å²) in [5.41, 5.74) is 0.629. The van der Waals surface area contributed by atoms with Gasteiger partial charge in [0.2, 0.25) is 6.54 Å². The Morgan fingerprint density at radius 2 is 1.73 bits per heavy atom. The van der Waals surface area contributed by atoms with Crippen LogP contribution in [0.25, 0.3) is 21.7 Å². The van der Waals surface area contributed by atoms with Crippen LogP contribution in [0.1, 0.15) is 5.82 Å². The van der Waals surface area contributed by atoms with E-state index in [1.165, 1.54) is 5.39 Å². The molecule has 106 valence electrons. The quantitative estimate of drug-likeness (QED) is 0.576. The van der Waals surface area contributed by atoms with Gasteiger partial charge in [0.15, 0.2) is 18.2 Å². The maximum absolute atomic E-state index is 12.1. The maximum atomic E-state index is 12.1. The molecule has 0 aliphatic heterocycles. The van der Waals surface area contributed by atoms with Gasteiger partial charge >= 0.3 is 0 Å². The van der Waals surface area contributed by atoms with Gasteiger partial charge in [0.1, 0.15) is 0 Å². The summed E-state index contributed by atoms with van der Waals surface area (Å²) in [5, 5.41) is 2.97. The Hall–Kier alpha value is -3.01. The number of para-hydroxylation sites is 1. The third-order valence-corrected chi connectivity index (χ3v) is 3.74. The van der Waals surface area contributed by atoms with Gasteiger partial charge in [-0.05, 0) is 23.6 Å². The SMILES string of the molecule is O=c1[nH]c(C[n+]2ccc3ccccc3c2)nc2ccccc12. The van der Waals surface area contributed by atoms with E-state index in [9.17, 15) is 4.79 Å². The lowest BCUT2D eigenvalue weighted by atomic mass is 10.2. The maximum Gasteiger partial charge on any atom is 0.258 e. The number of benzene rings is 2. The first-order valence-electron chi connectivity index (χ1n) is 7.15. The number of hydrogen-bond donors (Lipinski definition) is 1. The molecule has 2 aromatic carbocycles. The summed E-state index contributed by atoms with van der Waals surface area (Å²) in [7, 11) is 0. The first kappa shape index (κ1) is 12.7. The van der Waals surface area contributed by atoms with E-state index < -0.39 is 0 Å². The molecule has 0 amide bonds. The minimum Gasteiger partial charge on any atom is -0.305 e. The summed E-state index contributed by atoms with van der Waals surface area (Å²) in [4.78, 5) is 19.5. The number of aromatic amines is 1. The smallest absolute Gasteiger partial charge is 0.258 e. The second-order valence-electron chi connectivity index (χ2n) is 5.28. The summed E-state index contributed by atoms with van der Waals surface area (Å²) < 4.78 is 2.02. The van der Waals surface area contributed by atoms with Crippen LogP contribution in [-0.4, -0.2) is 9.97 Å². The van der Waals surface area contributed by atoms with E-state index in [0.29, 0.717) is 17.8 Å². The number of fused-ring (bicyclic) bond motifs is 2. The molecule has 2 heterocycles. The molecule has 0 saturated carbocycles. The molecule has 1 N–H and O–H groups in total. The van der Waals surface area contributed by atoms with Gasteiger partial charge in [-0.3, -0.25) is 4.79 Å². The van der Waals surface area contributed by atoms with Crippen LogP contribution >= 0.6 is 0 Å². The minimum absolute atomic E-state index is 0.0954. The Balaban J connectivity index is 1.77. The molecule has 0 bridgehead atoms. The van der Waals surface area contributed by atoms with E-state index in [0.717, 1.165) is 10.9 Å². The van der Waals surface area contributed by atoms with Crippen LogP contribution in [0.5, 0.6) is 0 Å². The lowest BCUT2D eigenvalue weighted by Gasteiger charge is -2.01. The molecule has 0 saturated heterocycles. The van der Waals surface area contributed by atoms with E-state index in [1.54, 1.807) is 6.07 Å². The van der Waals surface area contributed by atoms with Gasteiger partial charge in [-0.2, -0.15) is 4.57 Å². The van der Waals surface area contributed by atoms with Gasteiger partial charge in [-0.15, -0.1) is 0 Å². The Bertz CT molecular complexity index is 1040. The molecule has 0 aliphatic carbocycles. The normalized spacial score (nSPS) is 11.1. The van der Waals surface area contributed by atoms with Crippen LogP contribution in [-0.2, 0) is 6.54 Å². The predicted octanol–water partition coefficient (Wildman–Crippen LogP) is 2.41. The Labute approximate surface area is 126 Å². The van der Waals surface area contributed by atoms with Crippen molar-refractivity contribution in [1.82, 2.24) is 9.97 Å². The van der Waals surface area contributed by atoms with Crippen molar-refractivity contribution >= 4 is 21.7 Å². The molecule has 0 radical (unpaired) electrons. The van der Waals surface area contributed by atoms with Crippen molar-refractivity contribution in [3.05, 3.63) is 83.2 Å². The number of rotatable bonds is 2. The van der Waals surface area contributed by atoms with Crippen molar-refractivity contribution in [1.29, 1.82) is 0 Å². The van der Waals surface area contributed by atoms with Crippen LogP contribution in [0.2, 0.25) is 0 Å². The summed E-state index contributed by atoms with van der Waals surface area (Å²) >= 11 is 0. The molecule has 0 aliphatic rings. The molecule has 0 atom stereocenters. The van der Waals surface area contributed by atoms with Gasteiger partial charge in [0.25, 0.3) is 5.56 Å². The fourth-order valence-corrected chi connectivity index (χ4v) is 2.66. The second-order valence-corrected chi connectivity index (χ2v) is 5.28. The molecule has 0 spiro atoms. The Morgan fingerprint density at radius 1 is 0.955 bits per heavy atom. The van der Waals surface area contributed by atoms with Crippen molar-refractivity contribution in [3.63, 3.8) is 0 Å². The average Bonchev–Trinajstić information content (AvgIpc) is 2.55. The molecule has 2 aromatic heterocycles. The van der Waals surface area contributed by atoms with Crippen LogP contribution < -0.4 is 10.1 Å². The molecular formula is C18H14N3O+. The van der Waals surface area contributed by atoms with Crippen molar-refractivity contribution in [2.75, 3.05) is 0 Å². The van der Waals surface area contributed by atoms with Gasteiger partial charge in [0, 0.05) is 11.5 Å². The van der Waals surface area contributed by atoms with E-state index in [1.807, 2.05) is 41.1 Å². The number of H-pyrrole nitrogens is 1. The largest absolute Gasteiger partial charge is 0.305 e. The van der Waals surface area contributed by atoms with Crippen molar-refractivity contribution in [2.24, 2.45) is 0 Å². The number of pyridine rings is 1. The lowest BCUT2D eigenvalue weighted by molar-refractivity contribution is -0.688. The van der Waals surface area contributed by atoms with Crippen LogP contribution in [0.3, 0.4) is 0 Å². The standard InChI is InChI=1S/C18H13N3O/c22-18-15-7-3-4-8-16(15)19-17(20-18)12-21-10-9-13-5-1-2-6-14(13)11-21/h1-11H,12H2/p+1. The Morgan fingerprint density at radius 3 is 2.64 bits per heavy atom. The summed E-state index contributed by atoms with van der Waals surface area (Å²) in [6.45, 7) is 0.533. The van der Waals surface area contributed by atoms with E-state index in [2.05, 4.69) is 34.4 Å². The van der Waals surface area contributed by atoms with Crippen LogP contribution in [0.15, 0.2) is 71.8 Å². The highest BCUT2D eigenvalue weighted by Gasteiger charge is 2.09. The zero-order valence-corrected chi connectivity index (χ0v) is 11.9. The Kier molecular flexibility index (Phi) is 2.93. The molecular weight excluding hydrogens is 274 g/mol. The van der Waals surface area contributed by atoms with Gasteiger partial charge in [-0.25, -0.2) is 4.98 Å². The number of nitrogens with one attached hydrogen (secondary N) is 1. The molecule has 4 aromatic rings. The highest BCUT2D eigenvalue weighted by atomic mass is 16.1. The molecule has 0 fully saturated rings. The monoisotopic (exact) mass is 288 g/mol. The highest BCUT2D eigenvalue weighted by molar-refractivity contribution is 5.80. The van der Waals surface area contributed by atoms with Crippen molar-refractivity contribution in [2.45, 2.75) is 6.54 Å². The van der Waals surface area contributed by atoms with Crippen molar-refractivity contribution in [3.8, 4) is 0 Å². The van der Waals surface area contributed by atoms with E-state index in [4.69, 9.17) is 0 Å². The first-order valence-corrected chi connectivity index (χ1v) is 7.15. The lowest BCUT2D eigenvalue weighted by Crippen LogP contribution is -2.35. The van der Waals surface area contributed by atoms with E-state index in [-0.39, 0.29) is 5.56 Å². The molecule has 0 unspecified atom stereocenters. The van der Waals surface area contributed by atoms with Gasteiger partial charge < -0.3 is 4.98 Å². The van der Waals surface area contributed by atoms with Crippen LogP contribution in [0, 0.1) is 0 Å². The molecule has 22 heavy (non-hydrogen) atoms.